The van der Waals surface area contributed by atoms with Crippen LogP contribution in [0.1, 0.15) is 11.1 Å². The Kier molecular flexibility index (Phi) is 6.57. The molecule has 1 heterocycles. The third-order valence-electron chi connectivity index (χ3n) is 3.85. The Balaban J connectivity index is 0.000000431. The molecule has 1 aromatic heterocycles. The van der Waals surface area contributed by atoms with Gasteiger partial charge in [0.1, 0.15) is 0 Å². The van der Waals surface area contributed by atoms with Crippen LogP contribution in [0.15, 0.2) is 95.4 Å². The van der Waals surface area contributed by atoms with Crippen molar-refractivity contribution in [2.45, 2.75) is 0 Å². The van der Waals surface area contributed by atoms with E-state index >= 15 is 0 Å². The number of benzene rings is 3. The molecule has 0 unspecified atom stereocenters. The lowest BCUT2D eigenvalue weighted by Gasteiger charge is -2.17. The SMILES string of the molecule is C(#Cc1cc(-c2ccccc2)[o+]c2ccccc12)c1ccccc1.[O-][Cl+3]([O-])([O-])[O-]. The second kappa shape index (κ2) is 9.30. The molecule has 0 aliphatic rings. The topological polar surface area (TPSA) is 104 Å². The maximum atomic E-state index is 8.49. The van der Waals surface area contributed by atoms with Gasteiger partial charge in [0.15, 0.2) is 0 Å². The molecule has 29 heavy (non-hydrogen) atoms. The van der Waals surface area contributed by atoms with Gasteiger partial charge >= 0.3 is 11.3 Å². The van der Waals surface area contributed by atoms with E-state index in [9.17, 15) is 0 Å². The Labute approximate surface area is 169 Å². The summed E-state index contributed by atoms with van der Waals surface area (Å²) in [6.07, 6.45) is 0. The first-order chi connectivity index (χ1) is 13.9. The molecule has 0 saturated carbocycles. The van der Waals surface area contributed by atoms with Crippen LogP contribution in [0.5, 0.6) is 0 Å². The van der Waals surface area contributed by atoms with Gasteiger partial charge in [0.25, 0.3) is 0 Å². The normalized spacial score (nSPS) is 10.5. The fourth-order valence-electron chi connectivity index (χ4n) is 2.64. The highest BCUT2D eigenvalue weighted by Crippen LogP contribution is 2.27. The molecule has 3 aromatic carbocycles. The van der Waals surface area contributed by atoms with Crippen LogP contribution in [0.3, 0.4) is 0 Å². The molecule has 0 amide bonds. The van der Waals surface area contributed by atoms with Crippen LogP contribution in [-0.4, -0.2) is 0 Å². The first kappa shape index (κ1) is 20.5. The van der Waals surface area contributed by atoms with Gasteiger partial charge in [-0.2, -0.15) is 0 Å². The summed E-state index contributed by atoms with van der Waals surface area (Å²) in [6.45, 7) is 0. The second-order valence-corrected chi connectivity index (χ2v) is 6.64. The van der Waals surface area contributed by atoms with Gasteiger partial charge in [0.2, 0.25) is 0 Å². The van der Waals surface area contributed by atoms with Crippen LogP contribution in [0, 0.1) is 22.1 Å². The lowest BCUT2D eigenvalue weighted by Crippen LogP contribution is -2.68. The number of fused-ring (bicyclic) bond motifs is 1. The molecule has 144 valence electrons. The molecule has 0 bridgehead atoms. The fraction of sp³-hybridized carbons (Fsp3) is 0. The molecule has 4 aromatic rings. The molecule has 4 rings (SSSR count). The van der Waals surface area contributed by atoms with E-state index in [0.717, 1.165) is 33.4 Å². The Morgan fingerprint density at radius 3 is 1.86 bits per heavy atom. The van der Waals surface area contributed by atoms with E-state index in [0.29, 0.717) is 0 Å². The lowest BCUT2D eigenvalue weighted by molar-refractivity contribution is -2.00. The van der Waals surface area contributed by atoms with Gasteiger partial charge in [0, 0.05) is 11.6 Å². The zero-order valence-corrected chi connectivity index (χ0v) is 15.8. The molecule has 0 aliphatic carbocycles. The highest BCUT2D eigenvalue weighted by atomic mass is 35.7. The van der Waals surface area contributed by atoms with Crippen molar-refractivity contribution in [3.05, 3.63) is 102 Å². The largest absolute Gasteiger partial charge is 0.362 e. The average molecular weight is 407 g/mol. The molecule has 0 atom stereocenters. The number of halogens is 1. The molecule has 6 heteroatoms. The molecule has 5 nitrogen and oxygen atoms in total. The summed E-state index contributed by atoms with van der Waals surface area (Å²) in [5, 5.41) is 1.03. The van der Waals surface area contributed by atoms with Crippen LogP contribution >= 0.6 is 0 Å². The van der Waals surface area contributed by atoms with E-state index in [1.807, 2.05) is 91.0 Å². The Morgan fingerprint density at radius 2 is 1.21 bits per heavy atom. The zero-order chi connectivity index (χ0) is 20.7. The fourth-order valence-corrected chi connectivity index (χ4v) is 2.64. The van der Waals surface area contributed by atoms with Gasteiger partial charge in [-0.3, -0.25) is 0 Å². The van der Waals surface area contributed by atoms with Crippen molar-refractivity contribution in [1.82, 2.24) is 0 Å². The molecule has 0 radical (unpaired) electrons. The van der Waals surface area contributed by atoms with Crippen molar-refractivity contribution in [2.75, 3.05) is 0 Å². The van der Waals surface area contributed by atoms with Gasteiger partial charge < -0.3 is 0 Å². The minimum atomic E-state index is -4.94. The number of rotatable bonds is 1. The summed E-state index contributed by atoms with van der Waals surface area (Å²) >= 11 is 0. The molecule has 0 aliphatic heterocycles. The van der Waals surface area contributed by atoms with E-state index in [4.69, 9.17) is 23.1 Å². The van der Waals surface area contributed by atoms with Crippen molar-refractivity contribution in [2.24, 2.45) is 0 Å². The molecule has 0 saturated heterocycles. The smallest absolute Gasteiger partial charge is 0.222 e. The molecular formula is C23H15ClO5. The van der Waals surface area contributed by atoms with Crippen molar-refractivity contribution < 1.29 is 33.3 Å². The summed E-state index contributed by atoms with van der Waals surface area (Å²) in [6, 6.07) is 30.2. The van der Waals surface area contributed by atoms with Gasteiger partial charge in [-0.25, -0.2) is 23.1 Å². The van der Waals surface area contributed by atoms with E-state index < -0.39 is 10.2 Å². The summed E-state index contributed by atoms with van der Waals surface area (Å²) in [5.41, 5.74) is 3.87. The zero-order valence-electron chi connectivity index (χ0n) is 15.1. The molecule has 0 fully saturated rings. The summed E-state index contributed by atoms with van der Waals surface area (Å²) in [4.78, 5) is 0. The lowest BCUT2D eigenvalue weighted by atomic mass is 10.1. The predicted octanol–water partition coefficient (Wildman–Crippen LogP) is 1.02. The highest BCUT2D eigenvalue weighted by Gasteiger charge is 2.17. The van der Waals surface area contributed by atoms with E-state index in [1.54, 1.807) is 0 Å². The van der Waals surface area contributed by atoms with E-state index in [2.05, 4.69) is 11.8 Å². The van der Waals surface area contributed by atoms with E-state index in [-0.39, 0.29) is 0 Å². The average Bonchev–Trinajstić information content (AvgIpc) is 2.72. The number of hydrogen-bond donors (Lipinski definition) is 0. The van der Waals surface area contributed by atoms with Gasteiger partial charge in [-0.1, -0.05) is 60.4 Å². The minimum absolute atomic E-state index is 0.826. The minimum Gasteiger partial charge on any atom is -0.222 e. The van der Waals surface area contributed by atoms with Crippen molar-refractivity contribution in [1.29, 1.82) is 0 Å². The van der Waals surface area contributed by atoms with Crippen LogP contribution in [0.25, 0.3) is 22.3 Å². The van der Waals surface area contributed by atoms with Crippen molar-refractivity contribution in [3.63, 3.8) is 0 Å². The molecule has 0 spiro atoms. The van der Waals surface area contributed by atoms with Crippen LogP contribution in [0.2, 0.25) is 0 Å². The summed E-state index contributed by atoms with van der Waals surface area (Å²) in [5.74, 6) is 7.37. The maximum Gasteiger partial charge on any atom is 0.362 e. The molecular weight excluding hydrogens is 392 g/mol. The van der Waals surface area contributed by atoms with E-state index in [1.165, 1.54) is 0 Å². The van der Waals surface area contributed by atoms with Crippen LogP contribution in [-0.2, 0) is 0 Å². The standard InChI is InChI=1S/C23H15O.ClHO4/c1-3-9-18(10-4-1)15-16-20-17-23(19-11-5-2-6-12-19)24-22-14-8-7-13-21(20)22;2-1(3,4)5/h1-14,17H;(H,2,3,4,5)/q+1;/p-1. The quantitative estimate of drug-likeness (QED) is 0.347. The van der Waals surface area contributed by atoms with Crippen molar-refractivity contribution in [3.8, 4) is 23.2 Å². The third kappa shape index (κ3) is 6.40. The predicted molar refractivity (Wildman–Crippen MR) is 98.5 cm³/mol. The second-order valence-electron chi connectivity index (χ2n) is 5.88. The Morgan fingerprint density at radius 1 is 0.655 bits per heavy atom. The van der Waals surface area contributed by atoms with Crippen LogP contribution in [0.4, 0.5) is 0 Å². The third-order valence-corrected chi connectivity index (χ3v) is 3.85. The summed E-state index contributed by atoms with van der Waals surface area (Å²) in [7, 11) is -4.94. The first-order valence-corrected chi connectivity index (χ1v) is 9.74. The van der Waals surface area contributed by atoms with Gasteiger partial charge in [-0.15, -0.1) is 10.2 Å². The first-order valence-electron chi connectivity index (χ1n) is 8.50. The van der Waals surface area contributed by atoms with Crippen molar-refractivity contribution >= 4 is 11.0 Å². The Bertz CT molecular complexity index is 1140. The van der Waals surface area contributed by atoms with Gasteiger partial charge in [0.05, 0.1) is 22.6 Å². The summed E-state index contributed by atoms with van der Waals surface area (Å²) < 4.78 is 40.0. The van der Waals surface area contributed by atoms with Gasteiger partial charge in [-0.05, 0) is 30.3 Å². The number of hydrogen-bond acceptors (Lipinski definition) is 4. The monoisotopic (exact) mass is 406 g/mol. The van der Waals surface area contributed by atoms with Crippen LogP contribution < -0.4 is 18.6 Å². The number of para-hydroxylation sites is 1. The highest BCUT2D eigenvalue weighted by molar-refractivity contribution is 5.85. The molecule has 0 N–H and O–H groups in total. The maximum absolute atomic E-state index is 8.49. The Hall–Kier alpha value is -3.24.